The van der Waals surface area contributed by atoms with E-state index < -0.39 is 5.63 Å². The van der Waals surface area contributed by atoms with Gasteiger partial charge in [-0.3, -0.25) is 9.78 Å². The van der Waals surface area contributed by atoms with Crippen molar-refractivity contribution in [2.75, 3.05) is 0 Å². The van der Waals surface area contributed by atoms with Gasteiger partial charge in [-0.2, -0.15) is 4.98 Å². The van der Waals surface area contributed by atoms with E-state index >= 15 is 0 Å². The average Bonchev–Trinajstić information content (AvgIpc) is 2.53. The maximum atomic E-state index is 12.4. The highest BCUT2D eigenvalue weighted by atomic mass is 16.5. The van der Waals surface area contributed by atoms with Crippen LogP contribution in [0.25, 0.3) is 11.1 Å². The summed E-state index contributed by atoms with van der Waals surface area (Å²) in [6.07, 6.45) is 0.217. The molecule has 0 saturated heterocycles. The number of nitrogens with zero attached hydrogens (tertiary/aromatic N) is 1. The summed E-state index contributed by atoms with van der Waals surface area (Å²) in [5, 5.41) is 0.286. The Hall–Kier alpha value is -2.89. The zero-order chi connectivity index (χ0) is 18.1. The molecule has 3 aromatic rings. The molecule has 2 aromatic heterocycles. The number of fused-ring (bicyclic) bond motifs is 1. The lowest BCUT2D eigenvalue weighted by Crippen LogP contribution is -2.17. The highest BCUT2D eigenvalue weighted by Crippen LogP contribution is 2.25. The quantitative estimate of drug-likeness (QED) is 0.788. The van der Waals surface area contributed by atoms with Gasteiger partial charge in [0, 0.05) is 6.07 Å². The van der Waals surface area contributed by atoms with E-state index in [-0.39, 0.29) is 28.8 Å². The maximum Gasteiger partial charge on any atom is 0.337 e. The van der Waals surface area contributed by atoms with Crippen LogP contribution in [0.15, 0.2) is 38.3 Å². The van der Waals surface area contributed by atoms with Gasteiger partial charge < -0.3 is 9.15 Å². The van der Waals surface area contributed by atoms with Gasteiger partial charge in [-0.1, -0.05) is 25.1 Å². The summed E-state index contributed by atoms with van der Waals surface area (Å²) in [6.45, 7) is 7.76. The standard InChI is InChI=1S/C19H20N2O4/c1-5-13-9-14(22)25-18-16(13)17(23)20-19(21-18)24-12(4)15-10(2)7-6-8-11(15)3/h6-9,12H,5H2,1-4H3,(H,20,21,23)/t12-/m1/s1. The number of ether oxygens (including phenoxy) is 1. The van der Waals surface area contributed by atoms with Crippen LogP contribution in [0.3, 0.4) is 0 Å². The molecule has 0 amide bonds. The number of rotatable bonds is 4. The second kappa shape index (κ2) is 6.55. The largest absolute Gasteiger partial charge is 0.457 e. The van der Waals surface area contributed by atoms with E-state index in [1.165, 1.54) is 6.07 Å². The molecule has 1 atom stereocenters. The number of hydrogen-bond acceptors (Lipinski definition) is 5. The van der Waals surface area contributed by atoms with E-state index in [2.05, 4.69) is 9.97 Å². The highest BCUT2D eigenvalue weighted by molar-refractivity contribution is 5.75. The van der Waals surface area contributed by atoms with Crippen molar-refractivity contribution in [1.29, 1.82) is 0 Å². The summed E-state index contributed by atoms with van der Waals surface area (Å²) in [7, 11) is 0. The Morgan fingerprint density at radius 3 is 2.56 bits per heavy atom. The molecule has 0 radical (unpaired) electrons. The lowest BCUT2D eigenvalue weighted by molar-refractivity contribution is 0.205. The first kappa shape index (κ1) is 17.0. The summed E-state index contributed by atoms with van der Waals surface area (Å²) in [4.78, 5) is 30.9. The predicted molar refractivity (Wildman–Crippen MR) is 95.2 cm³/mol. The molecule has 130 valence electrons. The molecule has 0 aliphatic carbocycles. The van der Waals surface area contributed by atoms with Crippen molar-refractivity contribution < 1.29 is 9.15 Å². The third-order valence-electron chi connectivity index (χ3n) is 4.29. The Kier molecular flexibility index (Phi) is 4.44. The lowest BCUT2D eigenvalue weighted by atomic mass is 9.99. The second-order valence-corrected chi connectivity index (χ2v) is 6.06. The van der Waals surface area contributed by atoms with Crippen LogP contribution in [0.5, 0.6) is 6.01 Å². The first-order chi connectivity index (χ1) is 11.9. The van der Waals surface area contributed by atoms with Gasteiger partial charge in [-0.25, -0.2) is 4.79 Å². The first-order valence-corrected chi connectivity index (χ1v) is 8.20. The Morgan fingerprint density at radius 1 is 1.24 bits per heavy atom. The Labute approximate surface area is 144 Å². The molecule has 1 aromatic carbocycles. The van der Waals surface area contributed by atoms with Crippen LogP contribution in [-0.4, -0.2) is 9.97 Å². The molecule has 0 aliphatic heterocycles. The fourth-order valence-electron chi connectivity index (χ4n) is 3.16. The SMILES string of the molecule is CCc1cc(=O)oc2nc(O[C@H](C)c3c(C)cccc3C)[nH]c(=O)c12. The van der Waals surface area contributed by atoms with Gasteiger partial charge in [0.15, 0.2) is 0 Å². The van der Waals surface area contributed by atoms with Crippen molar-refractivity contribution in [3.63, 3.8) is 0 Å². The molecule has 3 rings (SSSR count). The van der Waals surface area contributed by atoms with Gasteiger partial charge in [0.25, 0.3) is 11.6 Å². The second-order valence-electron chi connectivity index (χ2n) is 6.06. The van der Waals surface area contributed by atoms with Crippen molar-refractivity contribution in [3.8, 4) is 6.01 Å². The molecular weight excluding hydrogens is 320 g/mol. The minimum absolute atomic E-state index is 0.00296. The molecule has 1 N–H and O–H groups in total. The molecule has 0 fully saturated rings. The summed E-state index contributed by atoms with van der Waals surface area (Å²) in [6, 6.07) is 7.34. The van der Waals surface area contributed by atoms with Crippen molar-refractivity contribution in [2.24, 2.45) is 0 Å². The number of aromatic nitrogens is 2. The Bertz CT molecular complexity index is 1030. The van der Waals surface area contributed by atoms with Gasteiger partial charge in [0.1, 0.15) is 11.5 Å². The molecule has 6 nitrogen and oxygen atoms in total. The molecule has 2 heterocycles. The molecule has 6 heteroatoms. The van der Waals surface area contributed by atoms with Crippen LogP contribution in [0.1, 0.15) is 42.2 Å². The van der Waals surface area contributed by atoms with E-state index in [1.807, 2.05) is 45.9 Å². The van der Waals surface area contributed by atoms with E-state index in [0.29, 0.717) is 12.0 Å². The van der Waals surface area contributed by atoms with E-state index in [9.17, 15) is 9.59 Å². The monoisotopic (exact) mass is 340 g/mol. The van der Waals surface area contributed by atoms with Gasteiger partial charge in [0.05, 0.1) is 0 Å². The lowest BCUT2D eigenvalue weighted by Gasteiger charge is -2.18. The molecule has 0 saturated carbocycles. The van der Waals surface area contributed by atoms with E-state index in [1.54, 1.807) is 0 Å². The predicted octanol–water partition coefficient (Wildman–Crippen LogP) is 3.20. The average molecular weight is 340 g/mol. The van der Waals surface area contributed by atoms with Crippen LogP contribution in [-0.2, 0) is 6.42 Å². The maximum absolute atomic E-state index is 12.4. The summed E-state index contributed by atoms with van der Waals surface area (Å²) < 4.78 is 10.9. The molecular formula is C19H20N2O4. The normalized spacial score (nSPS) is 12.3. The fourth-order valence-corrected chi connectivity index (χ4v) is 3.16. The van der Waals surface area contributed by atoms with Gasteiger partial charge in [0.2, 0.25) is 5.71 Å². The number of H-pyrrole nitrogens is 1. The minimum atomic E-state index is -0.531. The zero-order valence-electron chi connectivity index (χ0n) is 14.7. The Morgan fingerprint density at radius 2 is 1.92 bits per heavy atom. The fraction of sp³-hybridized carbons (Fsp3) is 0.316. The van der Waals surface area contributed by atoms with Crippen LogP contribution in [0.2, 0.25) is 0 Å². The van der Waals surface area contributed by atoms with Gasteiger partial charge >= 0.3 is 5.63 Å². The van der Waals surface area contributed by atoms with Crippen molar-refractivity contribution in [2.45, 2.75) is 40.2 Å². The van der Waals surface area contributed by atoms with Crippen LogP contribution >= 0.6 is 0 Å². The molecule has 0 unspecified atom stereocenters. The summed E-state index contributed by atoms with van der Waals surface area (Å²) in [5.74, 6) is 0. The molecule has 0 bridgehead atoms. The van der Waals surface area contributed by atoms with E-state index in [0.717, 1.165) is 16.7 Å². The molecule has 0 spiro atoms. The van der Waals surface area contributed by atoms with Crippen molar-refractivity contribution >= 4 is 11.1 Å². The molecule has 25 heavy (non-hydrogen) atoms. The third kappa shape index (κ3) is 3.20. The van der Waals surface area contributed by atoms with Crippen LogP contribution < -0.4 is 15.9 Å². The third-order valence-corrected chi connectivity index (χ3v) is 4.29. The van der Waals surface area contributed by atoms with Gasteiger partial charge in [-0.05, 0) is 49.4 Å². The van der Waals surface area contributed by atoms with Crippen molar-refractivity contribution in [3.05, 3.63) is 67.3 Å². The van der Waals surface area contributed by atoms with Crippen molar-refractivity contribution in [1.82, 2.24) is 9.97 Å². The highest BCUT2D eigenvalue weighted by Gasteiger charge is 2.17. The first-order valence-electron chi connectivity index (χ1n) is 8.20. The summed E-state index contributed by atoms with van der Waals surface area (Å²) >= 11 is 0. The van der Waals surface area contributed by atoms with Gasteiger partial charge in [-0.15, -0.1) is 0 Å². The number of nitrogens with one attached hydrogen (secondary N) is 1. The zero-order valence-corrected chi connectivity index (χ0v) is 14.7. The number of aryl methyl sites for hydroxylation is 3. The Balaban J connectivity index is 2.06. The number of aromatic amines is 1. The molecule has 0 aliphatic rings. The number of hydrogen-bond donors (Lipinski definition) is 1. The minimum Gasteiger partial charge on any atom is -0.457 e. The van der Waals surface area contributed by atoms with E-state index in [4.69, 9.17) is 9.15 Å². The number of benzene rings is 1. The topological polar surface area (TPSA) is 85.2 Å². The van der Waals surface area contributed by atoms with Crippen LogP contribution in [0.4, 0.5) is 0 Å². The van der Waals surface area contributed by atoms with Crippen LogP contribution in [0, 0.1) is 13.8 Å². The summed E-state index contributed by atoms with van der Waals surface area (Å²) in [5.41, 5.74) is 2.91. The smallest absolute Gasteiger partial charge is 0.337 e.